The molecule has 340 valence electrons. The molecule has 0 aliphatic carbocycles. The Labute approximate surface area is 414 Å². The monoisotopic (exact) mass is 1060 g/mol. The van der Waals surface area contributed by atoms with Gasteiger partial charge in [-0.25, -0.2) is 4.98 Å². The number of rotatable bonds is 9. The number of aromatic hydroxyl groups is 1. The molecule has 0 aliphatic rings. The zero-order valence-electron chi connectivity index (χ0n) is 42.2. The molecular formula is C62H60N3OPt-. The fraction of sp³-hybridized carbons (Fsp3) is 0.226. The molecule has 0 atom stereocenters. The van der Waals surface area contributed by atoms with Gasteiger partial charge in [-0.3, -0.25) is 9.55 Å². The molecular weight excluding hydrogens is 998 g/mol. The van der Waals surface area contributed by atoms with E-state index in [4.69, 9.17) is 9.97 Å². The largest absolute Gasteiger partial charge is 0.507 e. The van der Waals surface area contributed by atoms with E-state index in [2.05, 4.69) is 167 Å². The van der Waals surface area contributed by atoms with Crippen molar-refractivity contribution in [2.45, 2.75) is 91.9 Å². The first kappa shape index (κ1) is 44.5. The number of nitrogens with zero attached hydrogens (tertiary/aromatic N) is 3. The third-order valence-electron chi connectivity index (χ3n) is 12.7. The van der Waals surface area contributed by atoms with Gasteiger partial charge < -0.3 is 5.11 Å². The van der Waals surface area contributed by atoms with Gasteiger partial charge in [0.25, 0.3) is 0 Å². The maximum absolute atomic E-state index is 12.5. The molecule has 5 heteroatoms. The topological polar surface area (TPSA) is 50.9 Å². The molecule has 0 aliphatic heterocycles. The van der Waals surface area contributed by atoms with Gasteiger partial charge in [0, 0.05) is 41.3 Å². The number of phenols is 1. The normalized spacial score (nSPS) is 12.7. The van der Waals surface area contributed by atoms with E-state index in [1.54, 1.807) is 13.8 Å². The molecule has 67 heavy (non-hydrogen) atoms. The van der Waals surface area contributed by atoms with E-state index < -0.39 is 11.8 Å². The Morgan fingerprint density at radius 2 is 1.18 bits per heavy atom. The van der Waals surface area contributed by atoms with E-state index in [1.165, 1.54) is 11.1 Å². The summed E-state index contributed by atoms with van der Waals surface area (Å²) in [6.45, 7) is 20.6. The second kappa shape index (κ2) is 18.7. The summed E-state index contributed by atoms with van der Waals surface area (Å²) in [7, 11) is 0. The number of phenolic OH excluding ortho intramolecular Hbond substituents is 1. The summed E-state index contributed by atoms with van der Waals surface area (Å²) in [5.74, 6) is -1.73. The van der Waals surface area contributed by atoms with Gasteiger partial charge in [-0.2, -0.15) is 0 Å². The first-order chi connectivity index (χ1) is 32.1. The zero-order valence-corrected chi connectivity index (χ0v) is 42.5. The maximum Gasteiger partial charge on any atom is 0.148 e. The molecule has 0 radical (unpaired) electrons. The minimum absolute atomic E-state index is 0. The Hall–Kier alpha value is -6.35. The smallest absolute Gasteiger partial charge is 0.148 e. The average Bonchev–Trinajstić information content (AvgIpc) is 3.70. The van der Waals surface area contributed by atoms with Gasteiger partial charge >= 0.3 is 0 Å². The number of para-hydroxylation sites is 1. The molecule has 9 rings (SSSR count). The van der Waals surface area contributed by atoms with Crippen molar-refractivity contribution < 1.29 is 28.9 Å². The third-order valence-corrected chi connectivity index (χ3v) is 12.7. The molecule has 0 fully saturated rings. The summed E-state index contributed by atoms with van der Waals surface area (Å²) >= 11 is 0. The molecule has 0 amide bonds. The SMILES string of the molecule is [2H]C(C)(C)c1cc(-c2nc3c(-c4[c-]c(-c5cc(-c6ccccc6)ccn5)cc(-c5ccccc5)c4)cccc3n2-c2ccc(C(C)(C)C)cc2-c2ccc(C(C)(C)C)cc2)c(O)c(C([2H])(C)C)c1.[Pt]. The minimum Gasteiger partial charge on any atom is -0.507 e. The van der Waals surface area contributed by atoms with Gasteiger partial charge in [0.15, 0.2) is 0 Å². The number of pyridine rings is 1. The Morgan fingerprint density at radius 1 is 0.552 bits per heavy atom. The van der Waals surface area contributed by atoms with Crippen molar-refractivity contribution in [3.05, 3.63) is 192 Å². The van der Waals surface area contributed by atoms with E-state index in [0.717, 1.165) is 72.5 Å². The quantitative estimate of drug-likeness (QED) is 0.147. The third kappa shape index (κ3) is 9.47. The fourth-order valence-electron chi connectivity index (χ4n) is 8.83. The van der Waals surface area contributed by atoms with E-state index in [0.29, 0.717) is 22.5 Å². The summed E-state index contributed by atoms with van der Waals surface area (Å²) in [5.41, 5.74) is 16.0. The number of imidazole rings is 1. The van der Waals surface area contributed by atoms with Crippen LogP contribution in [-0.4, -0.2) is 19.6 Å². The van der Waals surface area contributed by atoms with Gasteiger partial charge in [-0.1, -0.05) is 201 Å². The molecule has 1 N–H and O–H groups in total. The second-order valence-corrected chi connectivity index (χ2v) is 20.0. The average molecular weight is 1060 g/mol. The maximum atomic E-state index is 12.5. The van der Waals surface area contributed by atoms with Crippen molar-refractivity contribution in [1.82, 2.24) is 14.5 Å². The van der Waals surface area contributed by atoms with Crippen LogP contribution >= 0.6 is 0 Å². The van der Waals surface area contributed by atoms with Crippen LogP contribution in [0.3, 0.4) is 0 Å². The standard InChI is InChI=1S/C62H60N3O.Pt/c1-39(2)45-35-52(40(3)4)59(66)54(36-45)60-64-58-51(47-32-46(42-20-15-12-16-21-42)33-48(34-47)55-37-44(30-31-63-55)41-18-13-11-14-19-41)22-17-23-57(58)65(60)56-29-28-50(62(8,9)10)38-53(56)43-24-26-49(27-25-43)61(5,6)7;/h11-33,35-40,66H,1-10H3;/q-1;/i39D,40D;. The predicted molar refractivity (Wildman–Crippen MR) is 278 cm³/mol. The summed E-state index contributed by atoms with van der Waals surface area (Å²) in [6.07, 6.45) is 1.86. The molecule has 0 saturated carbocycles. The van der Waals surface area contributed by atoms with Crippen molar-refractivity contribution in [1.29, 1.82) is 0 Å². The van der Waals surface area contributed by atoms with Gasteiger partial charge in [-0.15, -0.1) is 23.8 Å². The van der Waals surface area contributed by atoms with Crippen molar-refractivity contribution >= 4 is 11.0 Å². The molecule has 0 spiro atoms. The molecule has 7 aromatic carbocycles. The molecule has 0 unspecified atom stereocenters. The van der Waals surface area contributed by atoms with Gasteiger partial charge in [0.05, 0.1) is 22.3 Å². The Kier molecular flexibility index (Phi) is 12.4. The van der Waals surface area contributed by atoms with Crippen molar-refractivity contribution in [3.8, 4) is 78.6 Å². The van der Waals surface area contributed by atoms with Gasteiger partial charge in [-0.05, 0) is 97.5 Å². The summed E-state index contributed by atoms with van der Waals surface area (Å²) in [6, 6.07) is 58.5. The number of hydrogen-bond donors (Lipinski definition) is 1. The van der Waals surface area contributed by atoms with E-state index in [-0.39, 0.29) is 37.6 Å². The first-order valence-electron chi connectivity index (χ1n) is 24.0. The number of benzene rings is 7. The van der Waals surface area contributed by atoms with Crippen LogP contribution in [0.1, 0.15) is 106 Å². The first-order valence-corrected chi connectivity index (χ1v) is 23.0. The van der Waals surface area contributed by atoms with Crippen LogP contribution in [0.2, 0.25) is 0 Å². The number of hydrogen-bond acceptors (Lipinski definition) is 3. The van der Waals surface area contributed by atoms with E-state index in [9.17, 15) is 7.85 Å². The molecule has 0 bridgehead atoms. The molecule has 0 saturated heterocycles. The van der Waals surface area contributed by atoms with E-state index in [1.807, 2.05) is 62.5 Å². The zero-order chi connectivity index (χ0) is 48.3. The number of fused-ring (bicyclic) bond motifs is 1. The van der Waals surface area contributed by atoms with Crippen LogP contribution in [0.4, 0.5) is 0 Å². The Morgan fingerprint density at radius 3 is 1.81 bits per heavy atom. The van der Waals surface area contributed by atoms with Crippen molar-refractivity contribution in [3.63, 3.8) is 0 Å². The fourth-order valence-corrected chi connectivity index (χ4v) is 8.83. The molecule has 4 nitrogen and oxygen atoms in total. The van der Waals surface area contributed by atoms with Gasteiger partial charge in [0.2, 0.25) is 0 Å². The number of aromatic nitrogens is 3. The van der Waals surface area contributed by atoms with Crippen molar-refractivity contribution in [2.75, 3.05) is 0 Å². The van der Waals surface area contributed by atoms with Crippen LogP contribution in [0.5, 0.6) is 5.75 Å². The van der Waals surface area contributed by atoms with Crippen LogP contribution in [0.25, 0.3) is 83.9 Å². The van der Waals surface area contributed by atoms with Crippen LogP contribution in [-0.2, 0) is 31.9 Å². The van der Waals surface area contributed by atoms with Crippen LogP contribution in [0.15, 0.2) is 164 Å². The van der Waals surface area contributed by atoms with Crippen molar-refractivity contribution in [2.24, 2.45) is 0 Å². The summed E-state index contributed by atoms with van der Waals surface area (Å²) in [4.78, 5) is 10.5. The minimum atomic E-state index is -1.18. The predicted octanol–water partition coefficient (Wildman–Crippen LogP) is 16.8. The molecule has 9 aromatic rings. The van der Waals surface area contributed by atoms with Crippen LogP contribution < -0.4 is 0 Å². The van der Waals surface area contributed by atoms with Gasteiger partial charge in [0.1, 0.15) is 11.6 Å². The van der Waals surface area contributed by atoms with Crippen LogP contribution in [0, 0.1) is 6.07 Å². The summed E-state index contributed by atoms with van der Waals surface area (Å²) in [5, 5.41) is 12.5. The second-order valence-electron chi connectivity index (χ2n) is 20.0. The summed E-state index contributed by atoms with van der Waals surface area (Å²) < 4.78 is 20.6. The Balaban J connectivity index is 0.00000642. The Bertz CT molecular complexity index is 3310. The molecule has 2 heterocycles. The van der Waals surface area contributed by atoms with E-state index >= 15 is 0 Å². The molecule has 2 aromatic heterocycles.